The molecular formula is C12H12N2O4S2. The molecule has 0 aliphatic carbocycles. The fraction of sp³-hybridized carbons (Fsp3) is 0.500. The lowest BCUT2D eigenvalue weighted by atomic mass is 9.89. The highest BCUT2D eigenvalue weighted by atomic mass is 32.2. The van der Waals surface area contributed by atoms with Gasteiger partial charge in [-0.15, -0.1) is 11.3 Å². The van der Waals surface area contributed by atoms with E-state index in [0.29, 0.717) is 24.1 Å². The first-order chi connectivity index (χ1) is 9.45. The van der Waals surface area contributed by atoms with E-state index in [9.17, 15) is 13.2 Å². The molecule has 20 heavy (non-hydrogen) atoms. The van der Waals surface area contributed by atoms with Crippen LogP contribution in [0.1, 0.15) is 24.1 Å². The molecule has 0 spiro atoms. The van der Waals surface area contributed by atoms with E-state index in [2.05, 4.69) is 0 Å². The van der Waals surface area contributed by atoms with Crippen molar-refractivity contribution in [3.63, 3.8) is 0 Å². The number of fused-ring (bicyclic) bond motifs is 2. The van der Waals surface area contributed by atoms with Crippen LogP contribution in [-0.2, 0) is 14.8 Å². The molecule has 2 aliphatic rings. The van der Waals surface area contributed by atoms with Crippen LogP contribution in [0.15, 0.2) is 16.3 Å². The predicted octanol–water partition coefficient (Wildman–Crippen LogP) is 1.25. The highest BCUT2D eigenvalue weighted by Crippen LogP contribution is 2.45. The number of carboxylic acid groups (broad SMARTS) is 1. The molecule has 1 aromatic rings. The van der Waals surface area contributed by atoms with Crippen molar-refractivity contribution in [3.05, 3.63) is 17.0 Å². The Morgan fingerprint density at radius 3 is 2.75 bits per heavy atom. The molecule has 3 rings (SSSR count). The Hall–Kier alpha value is -1.43. The number of rotatable bonds is 3. The summed E-state index contributed by atoms with van der Waals surface area (Å²) in [6.45, 7) is 0. The van der Waals surface area contributed by atoms with Crippen LogP contribution in [0.3, 0.4) is 0 Å². The molecule has 2 aliphatic heterocycles. The Kier molecular flexibility index (Phi) is 3.08. The van der Waals surface area contributed by atoms with Crippen molar-refractivity contribution < 1.29 is 18.3 Å². The zero-order chi connectivity index (χ0) is 14.5. The normalized spacial score (nSPS) is 29.4. The summed E-state index contributed by atoms with van der Waals surface area (Å²) in [6.07, 6.45) is 1.69. The maximum Gasteiger partial charge on any atom is 0.308 e. The van der Waals surface area contributed by atoms with Crippen LogP contribution in [0.5, 0.6) is 0 Å². The minimum absolute atomic E-state index is 0.122. The molecule has 0 radical (unpaired) electrons. The molecule has 106 valence electrons. The number of thiophene rings is 1. The van der Waals surface area contributed by atoms with Crippen LogP contribution in [0, 0.1) is 17.2 Å². The van der Waals surface area contributed by atoms with Crippen LogP contribution in [0.4, 0.5) is 0 Å². The van der Waals surface area contributed by atoms with E-state index in [4.69, 9.17) is 10.4 Å². The maximum absolute atomic E-state index is 12.6. The molecule has 2 bridgehead atoms. The molecule has 3 heterocycles. The lowest BCUT2D eigenvalue weighted by Crippen LogP contribution is -2.37. The molecule has 2 saturated heterocycles. The first-order valence-electron chi connectivity index (χ1n) is 6.21. The number of hydrogen-bond acceptors (Lipinski definition) is 5. The fourth-order valence-electron chi connectivity index (χ4n) is 3.20. The molecule has 0 aromatic carbocycles. The quantitative estimate of drug-likeness (QED) is 0.905. The second-order valence-electron chi connectivity index (χ2n) is 5.04. The lowest BCUT2D eigenvalue weighted by Gasteiger charge is -2.21. The molecule has 2 fully saturated rings. The van der Waals surface area contributed by atoms with Gasteiger partial charge in [0.25, 0.3) is 10.0 Å². The van der Waals surface area contributed by atoms with Gasteiger partial charge in [0, 0.05) is 12.1 Å². The Labute approximate surface area is 120 Å². The number of hydrogen-bond donors (Lipinski definition) is 1. The Balaban J connectivity index is 1.97. The van der Waals surface area contributed by atoms with E-state index in [1.807, 2.05) is 6.07 Å². The van der Waals surface area contributed by atoms with E-state index in [1.165, 1.54) is 16.4 Å². The van der Waals surface area contributed by atoms with E-state index >= 15 is 0 Å². The van der Waals surface area contributed by atoms with Crippen molar-refractivity contribution in [2.24, 2.45) is 5.92 Å². The number of carboxylic acids is 1. The highest BCUT2D eigenvalue weighted by Gasteiger charge is 2.54. The minimum Gasteiger partial charge on any atom is -0.481 e. The molecule has 6 nitrogen and oxygen atoms in total. The molecule has 0 saturated carbocycles. The van der Waals surface area contributed by atoms with E-state index in [1.54, 1.807) is 0 Å². The second kappa shape index (κ2) is 4.55. The monoisotopic (exact) mass is 312 g/mol. The molecule has 1 aromatic heterocycles. The van der Waals surface area contributed by atoms with Gasteiger partial charge in [0.05, 0.1) is 5.92 Å². The summed E-state index contributed by atoms with van der Waals surface area (Å²) in [7, 11) is -3.69. The highest BCUT2D eigenvalue weighted by molar-refractivity contribution is 7.91. The van der Waals surface area contributed by atoms with Crippen LogP contribution in [-0.4, -0.2) is 35.9 Å². The van der Waals surface area contributed by atoms with Crippen molar-refractivity contribution >= 4 is 27.3 Å². The third-order valence-electron chi connectivity index (χ3n) is 4.01. The van der Waals surface area contributed by atoms with E-state index in [0.717, 1.165) is 11.3 Å². The first kappa shape index (κ1) is 13.5. The molecule has 1 N–H and O–H groups in total. The van der Waals surface area contributed by atoms with Gasteiger partial charge in [-0.05, 0) is 31.4 Å². The summed E-state index contributed by atoms with van der Waals surface area (Å²) >= 11 is 0.930. The zero-order valence-corrected chi connectivity index (χ0v) is 12.0. The molecule has 8 heteroatoms. The first-order valence-corrected chi connectivity index (χ1v) is 8.47. The van der Waals surface area contributed by atoms with Gasteiger partial charge in [0.2, 0.25) is 0 Å². The van der Waals surface area contributed by atoms with Gasteiger partial charge in [0.1, 0.15) is 15.2 Å². The van der Waals surface area contributed by atoms with Crippen LogP contribution in [0.25, 0.3) is 0 Å². The average Bonchev–Trinajstić information content (AvgIpc) is 3.12. The smallest absolute Gasteiger partial charge is 0.308 e. The number of nitrogens with zero attached hydrogens (tertiary/aromatic N) is 2. The van der Waals surface area contributed by atoms with Gasteiger partial charge in [-0.2, -0.15) is 9.57 Å². The molecular weight excluding hydrogens is 300 g/mol. The van der Waals surface area contributed by atoms with Crippen molar-refractivity contribution in [1.82, 2.24) is 4.31 Å². The fourth-order valence-corrected chi connectivity index (χ4v) is 6.33. The number of aliphatic carboxylic acids is 1. The van der Waals surface area contributed by atoms with Gasteiger partial charge < -0.3 is 5.11 Å². The van der Waals surface area contributed by atoms with Gasteiger partial charge in [-0.25, -0.2) is 8.42 Å². The van der Waals surface area contributed by atoms with Crippen molar-refractivity contribution in [2.75, 3.05) is 0 Å². The van der Waals surface area contributed by atoms with Crippen molar-refractivity contribution in [1.29, 1.82) is 5.26 Å². The topological polar surface area (TPSA) is 98.5 Å². The van der Waals surface area contributed by atoms with E-state index < -0.39 is 28.0 Å². The van der Waals surface area contributed by atoms with Gasteiger partial charge in [-0.1, -0.05) is 0 Å². The standard InChI is InChI=1S/C12H12N2O4S2/c13-6-8-2-4-11(19-8)20(17,18)14-7-1-3-10(14)9(5-7)12(15)16/h2,4,7,9-10H,1,3,5H2,(H,15,16). The second-order valence-corrected chi connectivity index (χ2v) is 8.20. The van der Waals surface area contributed by atoms with E-state index in [-0.39, 0.29) is 10.3 Å². The molecule has 3 unspecified atom stereocenters. The number of carbonyl (C=O) groups is 1. The Morgan fingerprint density at radius 1 is 1.45 bits per heavy atom. The van der Waals surface area contributed by atoms with Crippen LogP contribution >= 0.6 is 11.3 Å². The molecule has 0 amide bonds. The van der Waals surface area contributed by atoms with Crippen molar-refractivity contribution in [3.8, 4) is 6.07 Å². The lowest BCUT2D eigenvalue weighted by molar-refractivity contribution is -0.142. The van der Waals surface area contributed by atoms with Gasteiger partial charge in [0.15, 0.2) is 0 Å². The third kappa shape index (κ3) is 1.85. The van der Waals surface area contributed by atoms with Gasteiger partial charge in [-0.3, -0.25) is 4.79 Å². The van der Waals surface area contributed by atoms with Crippen molar-refractivity contribution in [2.45, 2.75) is 35.6 Å². The Bertz CT molecular complexity index is 703. The molecule has 3 atom stereocenters. The average molecular weight is 312 g/mol. The van der Waals surface area contributed by atoms with Gasteiger partial charge >= 0.3 is 5.97 Å². The number of nitriles is 1. The minimum atomic E-state index is -3.69. The number of sulfonamides is 1. The SMILES string of the molecule is N#Cc1ccc(S(=O)(=O)N2C3CCC2C(C(=O)O)C3)s1. The summed E-state index contributed by atoms with van der Waals surface area (Å²) < 4.78 is 26.7. The third-order valence-corrected chi connectivity index (χ3v) is 7.45. The summed E-state index contributed by atoms with van der Waals surface area (Å²) in [4.78, 5) is 11.5. The summed E-state index contributed by atoms with van der Waals surface area (Å²) in [5.74, 6) is -1.54. The maximum atomic E-state index is 12.6. The predicted molar refractivity (Wildman–Crippen MR) is 70.6 cm³/mol. The van der Waals surface area contributed by atoms with Crippen LogP contribution in [0.2, 0.25) is 0 Å². The Morgan fingerprint density at radius 2 is 2.20 bits per heavy atom. The summed E-state index contributed by atoms with van der Waals surface area (Å²) in [6, 6.07) is 4.14. The van der Waals surface area contributed by atoms with Crippen LogP contribution < -0.4 is 0 Å². The zero-order valence-electron chi connectivity index (χ0n) is 10.4. The largest absolute Gasteiger partial charge is 0.481 e. The summed E-state index contributed by atoms with van der Waals surface area (Å²) in [5, 5.41) is 18.0. The summed E-state index contributed by atoms with van der Waals surface area (Å²) in [5.41, 5.74) is 0.